The van der Waals surface area contributed by atoms with E-state index in [1.165, 1.54) is 5.56 Å². The molecule has 0 bridgehead atoms. The molecule has 0 spiro atoms. The van der Waals surface area contributed by atoms with Crippen LogP contribution in [-0.2, 0) is 0 Å². The SMILES string of the molecule is Cc1ccc2nc(N3CCC(C(C)N)CC3)nn2c1. The molecule has 0 amide bonds. The van der Waals surface area contributed by atoms with Crippen LogP contribution in [0.5, 0.6) is 0 Å². The molecule has 1 saturated heterocycles. The number of aromatic nitrogens is 3. The van der Waals surface area contributed by atoms with Crippen LogP contribution in [0.3, 0.4) is 0 Å². The van der Waals surface area contributed by atoms with Gasteiger partial charge in [-0.25, -0.2) is 4.52 Å². The van der Waals surface area contributed by atoms with Gasteiger partial charge < -0.3 is 10.6 Å². The number of pyridine rings is 1. The summed E-state index contributed by atoms with van der Waals surface area (Å²) >= 11 is 0. The summed E-state index contributed by atoms with van der Waals surface area (Å²) in [6.45, 7) is 6.17. The highest BCUT2D eigenvalue weighted by Gasteiger charge is 2.24. The van der Waals surface area contributed by atoms with Crippen molar-refractivity contribution in [1.82, 2.24) is 14.6 Å². The normalized spacial score (nSPS) is 19.0. The number of nitrogens with two attached hydrogens (primary N) is 1. The highest BCUT2D eigenvalue weighted by molar-refractivity contribution is 5.45. The van der Waals surface area contributed by atoms with Crippen LogP contribution in [0.2, 0.25) is 0 Å². The van der Waals surface area contributed by atoms with Crippen molar-refractivity contribution in [2.24, 2.45) is 11.7 Å². The summed E-state index contributed by atoms with van der Waals surface area (Å²) in [7, 11) is 0. The predicted molar refractivity (Wildman–Crippen MR) is 76.3 cm³/mol. The number of piperidine rings is 1. The van der Waals surface area contributed by atoms with E-state index in [9.17, 15) is 0 Å². The third-order valence-corrected chi connectivity index (χ3v) is 4.03. The second-order valence-electron chi connectivity index (χ2n) is 5.60. The zero-order chi connectivity index (χ0) is 13.4. The molecular formula is C14H21N5. The molecular weight excluding hydrogens is 238 g/mol. The molecule has 5 nitrogen and oxygen atoms in total. The smallest absolute Gasteiger partial charge is 0.245 e. The van der Waals surface area contributed by atoms with Crippen LogP contribution in [0.25, 0.3) is 5.65 Å². The molecule has 0 saturated carbocycles. The van der Waals surface area contributed by atoms with Crippen LogP contribution < -0.4 is 10.6 Å². The first kappa shape index (κ1) is 12.4. The molecule has 0 radical (unpaired) electrons. The van der Waals surface area contributed by atoms with Crippen LogP contribution >= 0.6 is 0 Å². The summed E-state index contributed by atoms with van der Waals surface area (Å²) in [5.74, 6) is 1.48. The standard InChI is InChI=1S/C14H21N5/c1-10-3-4-13-16-14(17-19(13)9-10)18-7-5-12(6-8-18)11(2)15/h3-4,9,11-12H,5-8,15H2,1-2H3. The number of fused-ring (bicyclic) bond motifs is 1. The van der Waals surface area contributed by atoms with Crippen LogP contribution in [0.4, 0.5) is 5.95 Å². The summed E-state index contributed by atoms with van der Waals surface area (Å²) in [6.07, 6.45) is 4.28. The van der Waals surface area contributed by atoms with Crippen molar-refractivity contribution >= 4 is 11.6 Å². The van der Waals surface area contributed by atoms with Crippen LogP contribution in [-0.4, -0.2) is 33.7 Å². The Bertz CT molecular complexity index is 566. The van der Waals surface area contributed by atoms with Crippen LogP contribution in [0.1, 0.15) is 25.3 Å². The van der Waals surface area contributed by atoms with Crippen molar-refractivity contribution < 1.29 is 0 Å². The van der Waals surface area contributed by atoms with Gasteiger partial charge in [-0.2, -0.15) is 4.98 Å². The Kier molecular flexibility index (Phi) is 3.14. The molecule has 2 aromatic heterocycles. The lowest BCUT2D eigenvalue weighted by Gasteiger charge is -2.32. The first-order valence-corrected chi connectivity index (χ1v) is 6.97. The Hall–Kier alpha value is -1.62. The Morgan fingerprint density at radius 2 is 2.05 bits per heavy atom. The van der Waals surface area contributed by atoms with E-state index in [4.69, 9.17) is 5.73 Å². The van der Waals surface area contributed by atoms with Gasteiger partial charge >= 0.3 is 0 Å². The van der Waals surface area contributed by atoms with E-state index in [-0.39, 0.29) is 0 Å². The number of rotatable bonds is 2. The lowest BCUT2D eigenvalue weighted by molar-refractivity contribution is 0.352. The topological polar surface area (TPSA) is 59.5 Å². The van der Waals surface area contributed by atoms with Gasteiger partial charge in [-0.1, -0.05) is 6.07 Å². The molecule has 3 rings (SSSR count). The molecule has 0 aromatic carbocycles. The molecule has 5 heteroatoms. The Balaban J connectivity index is 1.78. The number of nitrogens with zero attached hydrogens (tertiary/aromatic N) is 4. The lowest BCUT2D eigenvalue weighted by atomic mass is 9.91. The fourth-order valence-electron chi connectivity index (χ4n) is 2.73. The lowest BCUT2D eigenvalue weighted by Crippen LogP contribution is -2.40. The van der Waals surface area contributed by atoms with Crippen LogP contribution in [0, 0.1) is 12.8 Å². The van der Waals surface area contributed by atoms with E-state index in [0.29, 0.717) is 12.0 Å². The van der Waals surface area contributed by atoms with E-state index < -0.39 is 0 Å². The maximum Gasteiger partial charge on any atom is 0.245 e. The third-order valence-electron chi connectivity index (χ3n) is 4.03. The Labute approximate surface area is 113 Å². The summed E-state index contributed by atoms with van der Waals surface area (Å²) in [5, 5.41) is 4.57. The van der Waals surface area contributed by atoms with Crippen molar-refractivity contribution in [3.8, 4) is 0 Å². The van der Waals surface area contributed by atoms with Gasteiger partial charge in [0.15, 0.2) is 5.65 Å². The molecule has 19 heavy (non-hydrogen) atoms. The minimum atomic E-state index is 0.291. The molecule has 3 heterocycles. The number of hydrogen-bond acceptors (Lipinski definition) is 4. The number of aryl methyl sites for hydroxylation is 1. The summed E-state index contributed by atoms with van der Waals surface area (Å²) in [4.78, 5) is 6.86. The molecule has 1 fully saturated rings. The molecule has 1 aliphatic rings. The van der Waals surface area contributed by atoms with Gasteiger partial charge in [-0.05, 0) is 44.2 Å². The predicted octanol–water partition coefficient (Wildman–Crippen LogP) is 1.60. The molecule has 2 N–H and O–H groups in total. The van der Waals surface area contributed by atoms with Gasteiger partial charge in [0.25, 0.3) is 0 Å². The number of anilines is 1. The zero-order valence-electron chi connectivity index (χ0n) is 11.6. The van der Waals surface area contributed by atoms with Gasteiger partial charge in [0.05, 0.1) is 0 Å². The largest absolute Gasteiger partial charge is 0.339 e. The second-order valence-corrected chi connectivity index (χ2v) is 5.60. The fraction of sp³-hybridized carbons (Fsp3) is 0.571. The monoisotopic (exact) mass is 259 g/mol. The quantitative estimate of drug-likeness (QED) is 0.890. The molecule has 1 atom stereocenters. The average Bonchev–Trinajstić information content (AvgIpc) is 2.81. The minimum Gasteiger partial charge on any atom is -0.339 e. The van der Waals surface area contributed by atoms with Crippen molar-refractivity contribution in [2.45, 2.75) is 32.7 Å². The second kappa shape index (κ2) is 4.81. The first-order valence-electron chi connectivity index (χ1n) is 6.97. The molecule has 0 aliphatic carbocycles. The van der Waals surface area contributed by atoms with E-state index in [2.05, 4.69) is 34.9 Å². The Morgan fingerprint density at radius 1 is 1.32 bits per heavy atom. The summed E-state index contributed by atoms with van der Waals surface area (Å²) in [6, 6.07) is 4.37. The number of hydrogen-bond donors (Lipinski definition) is 1. The van der Waals surface area contributed by atoms with Crippen molar-refractivity contribution in [2.75, 3.05) is 18.0 Å². The summed E-state index contributed by atoms with van der Waals surface area (Å²) < 4.78 is 1.86. The van der Waals surface area contributed by atoms with Gasteiger partial charge in [0.2, 0.25) is 5.95 Å². The highest BCUT2D eigenvalue weighted by Crippen LogP contribution is 2.23. The van der Waals surface area contributed by atoms with E-state index in [0.717, 1.165) is 37.5 Å². The molecule has 1 aliphatic heterocycles. The molecule has 2 aromatic rings. The average molecular weight is 259 g/mol. The molecule has 102 valence electrons. The highest BCUT2D eigenvalue weighted by atomic mass is 15.4. The van der Waals surface area contributed by atoms with E-state index in [1.807, 2.05) is 16.8 Å². The maximum atomic E-state index is 5.98. The van der Waals surface area contributed by atoms with Crippen molar-refractivity contribution in [3.63, 3.8) is 0 Å². The first-order chi connectivity index (χ1) is 9.13. The van der Waals surface area contributed by atoms with Gasteiger partial charge in [-0.3, -0.25) is 0 Å². The summed E-state index contributed by atoms with van der Waals surface area (Å²) in [5.41, 5.74) is 8.08. The maximum absolute atomic E-state index is 5.98. The fourth-order valence-corrected chi connectivity index (χ4v) is 2.73. The molecule has 1 unspecified atom stereocenters. The van der Waals surface area contributed by atoms with Crippen molar-refractivity contribution in [1.29, 1.82) is 0 Å². The Morgan fingerprint density at radius 3 is 2.74 bits per heavy atom. The van der Waals surface area contributed by atoms with Gasteiger partial charge in [0.1, 0.15) is 0 Å². The van der Waals surface area contributed by atoms with E-state index >= 15 is 0 Å². The van der Waals surface area contributed by atoms with Crippen molar-refractivity contribution in [3.05, 3.63) is 23.9 Å². The minimum absolute atomic E-state index is 0.291. The van der Waals surface area contributed by atoms with Gasteiger partial charge in [-0.15, -0.1) is 5.10 Å². The van der Waals surface area contributed by atoms with E-state index in [1.54, 1.807) is 0 Å². The zero-order valence-corrected chi connectivity index (χ0v) is 11.6. The third kappa shape index (κ3) is 2.42. The van der Waals surface area contributed by atoms with Gasteiger partial charge in [0, 0.05) is 25.3 Å². The van der Waals surface area contributed by atoms with Crippen LogP contribution in [0.15, 0.2) is 18.3 Å².